The van der Waals surface area contributed by atoms with Crippen molar-refractivity contribution in [3.8, 4) is 0 Å². The SMILES string of the molecule is CC12CCC(CC1=O)C2(C)C.[Ag]. The molecule has 2 atom stereocenters. The second kappa shape index (κ2) is 2.70. The summed E-state index contributed by atoms with van der Waals surface area (Å²) in [6.07, 6.45) is 3.25. The van der Waals surface area contributed by atoms with Gasteiger partial charge in [-0.1, -0.05) is 20.8 Å². The zero-order chi connectivity index (χ0) is 8.28. The van der Waals surface area contributed by atoms with Crippen molar-refractivity contribution in [2.24, 2.45) is 16.7 Å². The first-order valence-corrected chi connectivity index (χ1v) is 4.52. The van der Waals surface area contributed by atoms with Gasteiger partial charge < -0.3 is 0 Å². The maximum Gasteiger partial charge on any atom is 0.139 e. The van der Waals surface area contributed by atoms with Crippen molar-refractivity contribution in [2.75, 3.05) is 0 Å². The van der Waals surface area contributed by atoms with Crippen LogP contribution >= 0.6 is 0 Å². The van der Waals surface area contributed by atoms with Crippen LogP contribution in [-0.4, -0.2) is 5.78 Å². The molecule has 1 nitrogen and oxygen atoms in total. The van der Waals surface area contributed by atoms with E-state index in [9.17, 15) is 4.79 Å². The van der Waals surface area contributed by atoms with Crippen LogP contribution in [0.15, 0.2) is 0 Å². The van der Waals surface area contributed by atoms with E-state index in [1.165, 1.54) is 6.42 Å². The third kappa shape index (κ3) is 0.934. The molecule has 2 rings (SSSR count). The maximum atomic E-state index is 11.6. The van der Waals surface area contributed by atoms with Gasteiger partial charge in [0.25, 0.3) is 0 Å². The molecule has 0 aliphatic heterocycles. The number of Topliss-reactive ketones (excluding diaryl/α,β-unsaturated/α-hetero) is 1. The number of carbonyl (C=O) groups is 1. The summed E-state index contributed by atoms with van der Waals surface area (Å²) in [6.45, 7) is 6.67. The molecule has 2 saturated carbocycles. The van der Waals surface area contributed by atoms with E-state index in [2.05, 4.69) is 20.8 Å². The van der Waals surface area contributed by atoms with E-state index < -0.39 is 0 Å². The zero-order valence-corrected chi connectivity index (χ0v) is 9.39. The molecular weight excluding hydrogens is 244 g/mol. The number of rotatable bonds is 0. The Morgan fingerprint density at radius 2 is 1.92 bits per heavy atom. The number of ketones is 1. The minimum absolute atomic E-state index is 0. The van der Waals surface area contributed by atoms with E-state index in [-0.39, 0.29) is 33.2 Å². The Morgan fingerprint density at radius 3 is 2.08 bits per heavy atom. The van der Waals surface area contributed by atoms with Gasteiger partial charge in [0.2, 0.25) is 0 Å². The average Bonchev–Trinajstić information content (AvgIpc) is 2.20. The van der Waals surface area contributed by atoms with Crippen molar-refractivity contribution in [3.05, 3.63) is 0 Å². The number of hydrogen-bond acceptors (Lipinski definition) is 1. The molecule has 0 aromatic heterocycles. The Morgan fingerprint density at radius 1 is 1.33 bits per heavy atom. The normalized spacial score (nSPS) is 42.9. The molecule has 2 unspecified atom stereocenters. The predicted molar refractivity (Wildman–Crippen MR) is 44.2 cm³/mol. The Hall–Kier alpha value is 0.410. The van der Waals surface area contributed by atoms with Crippen molar-refractivity contribution in [1.82, 2.24) is 0 Å². The van der Waals surface area contributed by atoms with Crippen molar-refractivity contribution in [3.63, 3.8) is 0 Å². The molecule has 0 N–H and O–H groups in total. The van der Waals surface area contributed by atoms with Gasteiger partial charge in [-0.05, 0) is 24.2 Å². The van der Waals surface area contributed by atoms with Gasteiger partial charge in [0.05, 0.1) is 0 Å². The Labute approximate surface area is 89.8 Å². The van der Waals surface area contributed by atoms with Gasteiger partial charge in [-0.25, -0.2) is 0 Å². The van der Waals surface area contributed by atoms with Gasteiger partial charge in [0.15, 0.2) is 0 Å². The van der Waals surface area contributed by atoms with Crippen molar-refractivity contribution < 1.29 is 27.2 Å². The van der Waals surface area contributed by atoms with Crippen LogP contribution in [0.4, 0.5) is 0 Å². The standard InChI is InChI=1S/C10H16O.Ag/c1-9(2)7-4-5-10(9,3)8(11)6-7;/h7H,4-6H2,1-3H3;. The minimum Gasteiger partial charge on any atom is -0.299 e. The first-order valence-electron chi connectivity index (χ1n) is 4.52. The van der Waals surface area contributed by atoms with Crippen LogP contribution < -0.4 is 0 Å². The smallest absolute Gasteiger partial charge is 0.139 e. The summed E-state index contributed by atoms with van der Waals surface area (Å²) in [6, 6.07) is 0. The van der Waals surface area contributed by atoms with Crippen LogP contribution in [0, 0.1) is 16.7 Å². The molecule has 2 heteroatoms. The third-order valence-corrected chi connectivity index (χ3v) is 4.48. The maximum absolute atomic E-state index is 11.6. The summed E-state index contributed by atoms with van der Waals surface area (Å²) >= 11 is 0. The van der Waals surface area contributed by atoms with Crippen LogP contribution in [0.2, 0.25) is 0 Å². The largest absolute Gasteiger partial charge is 0.299 e. The van der Waals surface area contributed by atoms with Gasteiger partial charge >= 0.3 is 0 Å². The number of carbonyl (C=O) groups excluding carboxylic acids is 1. The van der Waals surface area contributed by atoms with Crippen LogP contribution in [0.5, 0.6) is 0 Å². The third-order valence-electron chi connectivity index (χ3n) is 4.48. The predicted octanol–water partition coefficient (Wildman–Crippen LogP) is 2.40. The number of hydrogen-bond donors (Lipinski definition) is 0. The number of fused-ring (bicyclic) bond motifs is 2. The quantitative estimate of drug-likeness (QED) is 0.611. The summed E-state index contributed by atoms with van der Waals surface area (Å²) in [5, 5.41) is 0. The molecule has 73 valence electrons. The summed E-state index contributed by atoms with van der Waals surface area (Å²) in [5.41, 5.74) is 0.307. The summed E-state index contributed by atoms with van der Waals surface area (Å²) in [7, 11) is 0. The Balaban J connectivity index is 0.000000720. The van der Waals surface area contributed by atoms with Crippen LogP contribution in [-0.2, 0) is 27.2 Å². The van der Waals surface area contributed by atoms with Gasteiger partial charge in [-0.2, -0.15) is 0 Å². The Bertz CT molecular complexity index is 222. The van der Waals surface area contributed by atoms with Crippen molar-refractivity contribution >= 4 is 5.78 Å². The second-order valence-corrected chi connectivity index (χ2v) is 4.92. The first-order chi connectivity index (χ1) is 4.98. The van der Waals surface area contributed by atoms with Crippen molar-refractivity contribution in [1.29, 1.82) is 0 Å². The van der Waals surface area contributed by atoms with E-state index in [0.717, 1.165) is 12.8 Å². The molecule has 0 spiro atoms. The molecule has 1 radical (unpaired) electrons. The monoisotopic (exact) mass is 259 g/mol. The fourth-order valence-corrected chi connectivity index (χ4v) is 2.90. The molecule has 0 saturated heterocycles. The van der Waals surface area contributed by atoms with Gasteiger partial charge in [0.1, 0.15) is 5.78 Å². The van der Waals surface area contributed by atoms with Crippen LogP contribution in [0.1, 0.15) is 40.0 Å². The molecular formula is C10H16AgO. The van der Waals surface area contributed by atoms with Gasteiger partial charge in [-0.15, -0.1) is 0 Å². The molecule has 0 aromatic rings. The van der Waals surface area contributed by atoms with E-state index in [1.54, 1.807) is 0 Å². The summed E-state index contributed by atoms with van der Waals surface area (Å²) in [5.74, 6) is 1.19. The van der Waals surface area contributed by atoms with E-state index in [0.29, 0.717) is 11.7 Å². The fraction of sp³-hybridized carbons (Fsp3) is 0.900. The molecule has 2 aliphatic carbocycles. The van der Waals surface area contributed by atoms with E-state index in [4.69, 9.17) is 0 Å². The van der Waals surface area contributed by atoms with Gasteiger partial charge in [-0.3, -0.25) is 4.79 Å². The second-order valence-electron chi connectivity index (χ2n) is 4.92. The van der Waals surface area contributed by atoms with E-state index in [1.807, 2.05) is 0 Å². The first kappa shape index (κ1) is 10.5. The molecule has 2 fully saturated rings. The van der Waals surface area contributed by atoms with E-state index >= 15 is 0 Å². The summed E-state index contributed by atoms with van der Waals surface area (Å²) < 4.78 is 0. The molecule has 2 aliphatic rings. The molecule has 2 bridgehead atoms. The minimum atomic E-state index is 0. The summed E-state index contributed by atoms with van der Waals surface area (Å²) in [4.78, 5) is 11.6. The molecule has 0 heterocycles. The molecule has 0 aromatic carbocycles. The zero-order valence-electron chi connectivity index (χ0n) is 7.91. The fourth-order valence-electron chi connectivity index (χ4n) is 2.90. The average molecular weight is 260 g/mol. The van der Waals surface area contributed by atoms with Crippen LogP contribution in [0.25, 0.3) is 0 Å². The Kier molecular flexibility index (Phi) is 2.36. The molecule has 12 heavy (non-hydrogen) atoms. The van der Waals surface area contributed by atoms with Gasteiger partial charge in [0, 0.05) is 34.2 Å². The van der Waals surface area contributed by atoms with Crippen molar-refractivity contribution in [2.45, 2.75) is 40.0 Å². The topological polar surface area (TPSA) is 17.1 Å². The molecule has 0 amide bonds. The van der Waals surface area contributed by atoms with Crippen LogP contribution in [0.3, 0.4) is 0 Å².